The molecule has 0 radical (unpaired) electrons. The Morgan fingerprint density at radius 2 is 1.82 bits per heavy atom. The lowest BCUT2D eigenvalue weighted by Crippen LogP contribution is -2.08. The number of phenols is 1. The van der Waals surface area contributed by atoms with Crippen LogP contribution in [0.15, 0.2) is 54.6 Å². The molecule has 1 heterocycles. The Balaban J connectivity index is 0.000000172. The number of aldehydes is 1. The number of phenolic OH excluding ortho intramolecular Hbond substituents is 1. The van der Waals surface area contributed by atoms with Crippen molar-refractivity contribution in [1.29, 1.82) is 0 Å². The topological polar surface area (TPSA) is 88.2 Å². The van der Waals surface area contributed by atoms with E-state index in [1.807, 2.05) is 31.2 Å². The molecule has 0 atom stereocenters. The summed E-state index contributed by atoms with van der Waals surface area (Å²) in [6, 6.07) is 16.3. The van der Waals surface area contributed by atoms with Crippen LogP contribution in [-0.4, -0.2) is 16.4 Å². The largest absolute Gasteiger partial charge is 0.507 e. The Morgan fingerprint density at radius 3 is 2.45 bits per heavy atom. The van der Waals surface area contributed by atoms with E-state index in [1.165, 1.54) is 17.0 Å². The van der Waals surface area contributed by atoms with Crippen molar-refractivity contribution in [3.8, 4) is 5.75 Å². The highest BCUT2D eigenvalue weighted by Gasteiger charge is 1.99. The van der Waals surface area contributed by atoms with Gasteiger partial charge in [-0.3, -0.25) is 4.79 Å². The molecule has 0 bridgehead atoms. The van der Waals surface area contributed by atoms with E-state index in [1.54, 1.807) is 18.2 Å². The number of carbonyl (C=O) groups is 1. The molecule has 1 aromatic heterocycles. The van der Waals surface area contributed by atoms with Gasteiger partial charge in [-0.15, -0.1) is 0 Å². The quantitative estimate of drug-likeness (QED) is 0.384. The SMILES string of the molecule is Cc1cc(NN)nc2ccccc12.O=Cc1ccccc1O. The molecule has 0 aliphatic heterocycles. The molecule has 0 spiro atoms. The van der Waals surface area contributed by atoms with Crippen molar-refractivity contribution in [1.82, 2.24) is 4.98 Å². The number of nitrogens with two attached hydrogens (primary N) is 1. The first kappa shape index (κ1) is 15.5. The smallest absolute Gasteiger partial charge is 0.153 e. The first-order valence-electron chi connectivity index (χ1n) is 6.72. The van der Waals surface area contributed by atoms with Gasteiger partial charge in [0, 0.05) is 5.39 Å². The highest BCUT2D eigenvalue weighted by Crippen LogP contribution is 2.18. The fourth-order valence-corrected chi connectivity index (χ4v) is 2.01. The van der Waals surface area contributed by atoms with E-state index in [9.17, 15) is 4.79 Å². The van der Waals surface area contributed by atoms with Crippen LogP contribution in [0.3, 0.4) is 0 Å². The van der Waals surface area contributed by atoms with Crippen LogP contribution in [0.5, 0.6) is 5.75 Å². The van der Waals surface area contributed by atoms with Crippen molar-refractivity contribution in [3.05, 3.63) is 65.7 Å². The van der Waals surface area contributed by atoms with Crippen molar-refractivity contribution in [2.24, 2.45) is 5.84 Å². The Morgan fingerprint density at radius 1 is 1.14 bits per heavy atom. The number of hydrazine groups is 1. The summed E-state index contributed by atoms with van der Waals surface area (Å²) in [5.74, 6) is 6.04. The van der Waals surface area contributed by atoms with Crippen LogP contribution in [0.2, 0.25) is 0 Å². The van der Waals surface area contributed by atoms with Crippen molar-refractivity contribution in [3.63, 3.8) is 0 Å². The fraction of sp³-hybridized carbons (Fsp3) is 0.0588. The van der Waals surface area contributed by atoms with Gasteiger partial charge in [-0.05, 0) is 36.8 Å². The first-order chi connectivity index (χ1) is 10.7. The van der Waals surface area contributed by atoms with Crippen molar-refractivity contribution in [2.75, 3.05) is 5.43 Å². The number of nitrogens with zero attached hydrogens (tertiary/aromatic N) is 1. The van der Waals surface area contributed by atoms with E-state index in [0.717, 1.165) is 5.52 Å². The van der Waals surface area contributed by atoms with Gasteiger partial charge in [-0.2, -0.15) is 0 Å². The van der Waals surface area contributed by atoms with Crippen LogP contribution in [0, 0.1) is 6.92 Å². The summed E-state index contributed by atoms with van der Waals surface area (Å²) in [7, 11) is 0. The number of pyridine rings is 1. The molecular weight excluding hydrogens is 278 g/mol. The van der Waals surface area contributed by atoms with E-state index in [-0.39, 0.29) is 5.75 Å². The Kier molecular flexibility index (Phi) is 5.06. The predicted molar refractivity (Wildman–Crippen MR) is 87.8 cm³/mol. The van der Waals surface area contributed by atoms with E-state index in [0.29, 0.717) is 17.7 Å². The summed E-state index contributed by atoms with van der Waals surface area (Å²) in [4.78, 5) is 14.4. The van der Waals surface area contributed by atoms with Gasteiger partial charge >= 0.3 is 0 Å². The van der Waals surface area contributed by atoms with Crippen LogP contribution < -0.4 is 11.3 Å². The molecule has 0 saturated carbocycles. The van der Waals surface area contributed by atoms with Crippen LogP contribution >= 0.6 is 0 Å². The molecule has 22 heavy (non-hydrogen) atoms. The number of aryl methyl sites for hydroxylation is 1. The van der Waals surface area contributed by atoms with Crippen molar-refractivity contribution >= 4 is 23.0 Å². The summed E-state index contributed by atoms with van der Waals surface area (Å²) >= 11 is 0. The number of aromatic nitrogens is 1. The lowest BCUT2D eigenvalue weighted by molar-refractivity contribution is 0.112. The first-order valence-corrected chi connectivity index (χ1v) is 6.72. The number of anilines is 1. The Bertz CT molecular complexity index is 788. The second-order valence-electron chi connectivity index (χ2n) is 4.66. The van der Waals surface area contributed by atoms with Gasteiger partial charge in [0.2, 0.25) is 0 Å². The summed E-state index contributed by atoms with van der Waals surface area (Å²) in [6.07, 6.45) is 0.620. The van der Waals surface area contributed by atoms with Gasteiger partial charge in [0.1, 0.15) is 11.6 Å². The van der Waals surface area contributed by atoms with E-state index >= 15 is 0 Å². The monoisotopic (exact) mass is 295 g/mol. The number of hydrogen-bond acceptors (Lipinski definition) is 5. The standard InChI is InChI=1S/C10H11N3.C7H6O2/c1-7-6-10(13-11)12-9-5-3-2-4-8(7)9;8-5-6-3-1-2-4-7(6)9/h2-6H,11H2,1H3,(H,12,13);1-5,9H. The minimum Gasteiger partial charge on any atom is -0.507 e. The lowest BCUT2D eigenvalue weighted by Gasteiger charge is -2.04. The fourth-order valence-electron chi connectivity index (χ4n) is 2.01. The number of fused-ring (bicyclic) bond motifs is 1. The van der Waals surface area contributed by atoms with Crippen molar-refractivity contribution < 1.29 is 9.90 Å². The molecule has 3 aromatic rings. The van der Waals surface area contributed by atoms with Crippen LogP contribution in [0.4, 0.5) is 5.82 Å². The maximum absolute atomic E-state index is 10.1. The molecule has 0 aliphatic carbocycles. The van der Waals surface area contributed by atoms with Gasteiger partial charge in [0.05, 0.1) is 11.1 Å². The molecule has 0 amide bonds. The number of para-hydroxylation sites is 2. The maximum atomic E-state index is 10.1. The molecule has 0 fully saturated rings. The molecule has 0 aliphatic rings. The zero-order chi connectivity index (χ0) is 15.9. The van der Waals surface area contributed by atoms with Crippen LogP contribution in [0.1, 0.15) is 15.9 Å². The van der Waals surface area contributed by atoms with Crippen LogP contribution in [-0.2, 0) is 0 Å². The van der Waals surface area contributed by atoms with E-state index in [2.05, 4.69) is 16.5 Å². The summed E-state index contributed by atoms with van der Waals surface area (Å²) in [5.41, 5.74) is 5.03. The molecule has 4 N–H and O–H groups in total. The third-order valence-electron chi connectivity index (χ3n) is 3.13. The predicted octanol–water partition coefficient (Wildman–Crippen LogP) is 3.03. The Labute approximate surface area is 128 Å². The zero-order valence-corrected chi connectivity index (χ0v) is 12.2. The molecule has 2 aromatic carbocycles. The van der Waals surface area contributed by atoms with Gasteiger partial charge in [-0.1, -0.05) is 30.3 Å². The lowest BCUT2D eigenvalue weighted by atomic mass is 10.1. The Hall–Kier alpha value is -2.92. The number of rotatable bonds is 2. The molecular formula is C17H17N3O2. The number of nitrogens with one attached hydrogen (secondary N) is 1. The number of benzene rings is 2. The van der Waals surface area contributed by atoms with E-state index in [4.69, 9.17) is 10.9 Å². The normalized spacial score (nSPS) is 9.73. The van der Waals surface area contributed by atoms with Gasteiger partial charge < -0.3 is 10.5 Å². The van der Waals surface area contributed by atoms with Gasteiger partial charge in [0.25, 0.3) is 0 Å². The molecule has 112 valence electrons. The molecule has 0 unspecified atom stereocenters. The average molecular weight is 295 g/mol. The molecule has 5 heteroatoms. The highest BCUT2D eigenvalue weighted by atomic mass is 16.3. The highest BCUT2D eigenvalue weighted by molar-refractivity contribution is 5.83. The number of carbonyl (C=O) groups excluding carboxylic acids is 1. The molecule has 5 nitrogen and oxygen atoms in total. The van der Waals surface area contributed by atoms with Crippen LogP contribution in [0.25, 0.3) is 10.9 Å². The zero-order valence-electron chi connectivity index (χ0n) is 12.2. The minimum absolute atomic E-state index is 0.0347. The van der Waals surface area contributed by atoms with Gasteiger partial charge in [-0.25, -0.2) is 10.8 Å². The second-order valence-corrected chi connectivity index (χ2v) is 4.66. The van der Waals surface area contributed by atoms with Gasteiger partial charge in [0.15, 0.2) is 6.29 Å². The second kappa shape index (κ2) is 7.19. The van der Waals surface area contributed by atoms with E-state index < -0.39 is 0 Å². The maximum Gasteiger partial charge on any atom is 0.153 e. The number of aromatic hydroxyl groups is 1. The minimum atomic E-state index is 0.0347. The summed E-state index contributed by atoms with van der Waals surface area (Å²) in [6.45, 7) is 2.05. The summed E-state index contributed by atoms with van der Waals surface area (Å²) in [5, 5.41) is 10.0. The number of hydrogen-bond donors (Lipinski definition) is 3. The van der Waals surface area contributed by atoms with Crippen molar-refractivity contribution in [2.45, 2.75) is 6.92 Å². The molecule has 0 saturated heterocycles. The summed E-state index contributed by atoms with van der Waals surface area (Å²) < 4.78 is 0. The number of nitrogen functional groups attached to an aromatic ring is 1. The third-order valence-corrected chi connectivity index (χ3v) is 3.13. The average Bonchev–Trinajstić information content (AvgIpc) is 2.56. The third kappa shape index (κ3) is 3.59. The molecule has 3 rings (SSSR count).